The highest BCUT2D eigenvalue weighted by Crippen LogP contribution is 2.37. The van der Waals surface area contributed by atoms with Crippen LogP contribution in [0.5, 0.6) is 0 Å². The van der Waals surface area contributed by atoms with Gasteiger partial charge in [-0.25, -0.2) is 0 Å². The Morgan fingerprint density at radius 2 is 1.80 bits per heavy atom. The molecular formula is C14H19F3N2O. The summed E-state index contributed by atoms with van der Waals surface area (Å²) in [6.07, 6.45) is -4.49. The molecule has 0 saturated carbocycles. The van der Waals surface area contributed by atoms with Crippen LogP contribution in [-0.4, -0.2) is 30.4 Å². The minimum absolute atomic E-state index is 0.0605. The Kier molecular flexibility index (Phi) is 5.42. The van der Waals surface area contributed by atoms with E-state index < -0.39 is 17.6 Å². The topological polar surface area (TPSA) is 32.3 Å². The molecule has 1 aromatic rings. The van der Waals surface area contributed by atoms with Gasteiger partial charge in [0.05, 0.1) is 16.8 Å². The zero-order valence-corrected chi connectivity index (χ0v) is 11.8. The van der Waals surface area contributed by atoms with E-state index in [4.69, 9.17) is 0 Å². The number of alkyl halides is 3. The molecule has 1 amide bonds. The van der Waals surface area contributed by atoms with Gasteiger partial charge in [0.15, 0.2) is 0 Å². The van der Waals surface area contributed by atoms with Gasteiger partial charge >= 0.3 is 6.18 Å². The van der Waals surface area contributed by atoms with Crippen LogP contribution in [0.15, 0.2) is 18.2 Å². The summed E-state index contributed by atoms with van der Waals surface area (Å²) in [5.41, 5.74) is -0.887. The number of nitrogens with zero attached hydrogens (tertiary/aromatic N) is 1. The second-order valence-corrected chi connectivity index (χ2v) is 4.23. The molecule has 0 radical (unpaired) electrons. The van der Waals surface area contributed by atoms with Crippen molar-refractivity contribution in [1.29, 1.82) is 0 Å². The number of halogens is 3. The zero-order valence-electron chi connectivity index (χ0n) is 11.8. The molecule has 1 rings (SSSR count). The molecule has 0 aliphatic rings. The Balaban J connectivity index is 3.36. The first-order chi connectivity index (χ1) is 9.36. The van der Waals surface area contributed by atoms with Crippen molar-refractivity contribution in [3.8, 4) is 0 Å². The number of nitrogens with one attached hydrogen (secondary N) is 1. The molecule has 6 heteroatoms. The third kappa shape index (κ3) is 3.43. The number of rotatable bonds is 5. The normalized spacial score (nSPS) is 11.3. The second kappa shape index (κ2) is 6.63. The van der Waals surface area contributed by atoms with E-state index in [2.05, 4.69) is 5.32 Å². The number of carbonyl (C=O) groups is 1. The van der Waals surface area contributed by atoms with Crippen LogP contribution in [0.3, 0.4) is 0 Å². The Hall–Kier alpha value is -1.72. The smallest absolute Gasteiger partial charge is 0.384 e. The molecule has 0 fully saturated rings. The van der Waals surface area contributed by atoms with E-state index in [-0.39, 0.29) is 11.3 Å². The van der Waals surface area contributed by atoms with Gasteiger partial charge in [0.25, 0.3) is 5.91 Å². The zero-order chi connectivity index (χ0) is 15.3. The molecule has 0 aliphatic carbocycles. The molecule has 0 aliphatic heterocycles. The molecule has 0 unspecified atom stereocenters. The van der Waals surface area contributed by atoms with Crippen LogP contribution >= 0.6 is 0 Å². The highest BCUT2D eigenvalue weighted by molar-refractivity contribution is 6.00. The van der Waals surface area contributed by atoms with Gasteiger partial charge in [-0.1, -0.05) is 6.07 Å². The quantitative estimate of drug-likeness (QED) is 0.897. The van der Waals surface area contributed by atoms with Crippen molar-refractivity contribution in [2.45, 2.75) is 26.9 Å². The van der Waals surface area contributed by atoms with Crippen LogP contribution in [-0.2, 0) is 6.18 Å². The van der Waals surface area contributed by atoms with Crippen molar-refractivity contribution in [3.63, 3.8) is 0 Å². The molecule has 0 saturated heterocycles. The number of benzene rings is 1. The molecule has 112 valence electrons. The van der Waals surface area contributed by atoms with Crippen molar-refractivity contribution in [3.05, 3.63) is 29.3 Å². The Morgan fingerprint density at radius 1 is 1.20 bits per heavy atom. The monoisotopic (exact) mass is 288 g/mol. The van der Waals surface area contributed by atoms with E-state index in [0.29, 0.717) is 19.6 Å². The van der Waals surface area contributed by atoms with Gasteiger partial charge in [-0.05, 0) is 32.9 Å². The van der Waals surface area contributed by atoms with Crippen LogP contribution in [0.25, 0.3) is 0 Å². The molecule has 1 aromatic carbocycles. The lowest BCUT2D eigenvalue weighted by atomic mass is 10.0. The second-order valence-electron chi connectivity index (χ2n) is 4.23. The van der Waals surface area contributed by atoms with Gasteiger partial charge in [-0.2, -0.15) is 13.2 Å². The lowest BCUT2D eigenvalue weighted by molar-refractivity contribution is -0.137. The summed E-state index contributed by atoms with van der Waals surface area (Å²) in [7, 11) is 0. The Labute approximate surface area is 116 Å². The van der Waals surface area contributed by atoms with Gasteiger partial charge in [0, 0.05) is 19.6 Å². The molecule has 20 heavy (non-hydrogen) atoms. The van der Waals surface area contributed by atoms with Gasteiger partial charge < -0.3 is 10.2 Å². The lowest BCUT2D eigenvalue weighted by Crippen LogP contribution is -2.31. The molecule has 0 atom stereocenters. The fraction of sp³-hybridized carbons (Fsp3) is 0.500. The summed E-state index contributed by atoms with van der Waals surface area (Å²) >= 11 is 0. The number of hydrogen-bond acceptors (Lipinski definition) is 2. The fourth-order valence-corrected chi connectivity index (χ4v) is 2.02. The first kappa shape index (κ1) is 16.3. The number of anilines is 1. The van der Waals surface area contributed by atoms with Gasteiger partial charge in [-0.3, -0.25) is 4.79 Å². The first-order valence-electron chi connectivity index (χ1n) is 6.60. The number of para-hydroxylation sites is 1. The van der Waals surface area contributed by atoms with E-state index in [9.17, 15) is 18.0 Å². The van der Waals surface area contributed by atoms with E-state index in [1.165, 1.54) is 17.0 Å². The van der Waals surface area contributed by atoms with Crippen molar-refractivity contribution in [1.82, 2.24) is 4.90 Å². The summed E-state index contributed by atoms with van der Waals surface area (Å²) in [6.45, 7) is 6.50. The minimum atomic E-state index is -4.49. The average molecular weight is 288 g/mol. The van der Waals surface area contributed by atoms with Crippen LogP contribution < -0.4 is 5.32 Å². The summed E-state index contributed by atoms with van der Waals surface area (Å²) in [5.74, 6) is -0.392. The maximum Gasteiger partial charge on any atom is 0.418 e. The predicted molar refractivity (Wildman–Crippen MR) is 72.9 cm³/mol. The standard InChI is InChI=1S/C14H19F3N2O/c1-4-18-12-10(13(20)19(5-2)6-3)8-7-9-11(12)14(15,16)17/h7-9,18H,4-6H2,1-3H3. The summed E-state index contributed by atoms with van der Waals surface area (Å²) in [5, 5.41) is 2.67. The van der Waals surface area contributed by atoms with E-state index >= 15 is 0 Å². The molecule has 3 nitrogen and oxygen atoms in total. The number of hydrogen-bond donors (Lipinski definition) is 1. The number of amides is 1. The Bertz CT molecular complexity index is 468. The van der Waals surface area contributed by atoms with Crippen LogP contribution in [0.4, 0.5) is 18.9 Å². The highest BCUT2D eigenvalue weighted by atomic mass is 19.4. The first-order valence-corrected chi connectivity index (χ1v) is 6.60. The van der Waals surface area contributed by atoms with Gasteiger partial charge in [-0.15, -0.1) is 0 Å². The molecule has 0 bridgehead atoms. The van der Waals surface area contributed by atoms with E-state index in [0.717, 1.165) is 6.07 Å². The van der Waals surface area contributed by atoms with Gasteiger partial charge in [0.1, 0.15) is 0 Å². The molecule has 1 N–H and O–H groups in total. The van der Waals surface area contributed by atoms with Crippen LogP contribution in [0.2, 0.25) is 0 Å². The van der Waals surface area contributed by atoms with E-state index in [1.807, 2.05) is 0 Å². The molecule has 0 aromatic heterocycles. The molecule has 0 spiro atoms. The largest absolute Gasteiger partial charge is 0.418 e. The van der Waals surface area contributed by atoms with Gasteiger partial charge in [0.2, 0.25) is 0 Å². The molecular weight excluding hydrogens is 269 g/mol. The third-order valence-electron chi connectivity index (χ3n) is 3.00. The summed E-state index contributed by atoms with van der Waals surface area (Å²) in [4.78, 5) is 13.8. The average Bonchev–Trinajstić information content (AvgIpc) is 2.39. The van der Waals surface area contributed by atoms with Crippen molar-refractivity contribution >= 4 is 11.6 Å². The fourth-order valence-electron chi connectivity index (χ4n) is 2.02. The van der Waals surface area contributed by atoms with Crippen LogP contribution in [0, 0.1) is 0 Å². The van der Waals surface area contributed by atoms with Crippen molar-refractivity contribution < 1.29 is 18.0 Å². The maximum absolute atomic E-state index is 13.0. The lowest BCUT2D eigenvalue weighted by Gasteiger charge is -2.22. The van der Waals surface area contributed by atoms with Crippen molar-refractivity contribution in [2.24, 2.45) is 0 Å². The summed E-state index contributed by atoms with van der Waals surface area (Å²) in [6, 6.07) is 3.67. The predicted octanol–water partition coefficient (Wildman–Crippen LogP) is 3.62. The Morgan fingerprint density at radius 3 is 2.25 bits per heavy atom. The van der Waals surface area contributed by atoms with Crippen molar-refractivity contribution in [2.75, 3.05) is 25.0 Å². The van der Waals surface area contributed by atoms with Crippen LogP contribution in [0.1, 0.15) is 36.7 Å². The number of carbonyl (C=O) groups excluding carboxylic acids is 1. The highest BCUT2D eigenvalue weighted by Gasteiger charge is 2.35. The minimum Gasteiger partial charge on any atom is -0.384 e. The molecule has 0 heterocycles. The summed E-state index contributed by atoms with van der Waals surface area (Å²) < 4.78 is 39.0. The SMILES string of the molecule is CCNc1c(C(=O)N(CC)CC)cccc1C(F)(F)F. The van der Waals surface area contributed by atoms with E-state index in [1.54, 1.807) is 20.8 Å². The third-order valence-corrected chi connectivity index (χ3v) is 3.00. The maximum atomic E-state index is 13.0.